The van der Waals surface area contributed by atoms with Gasteiger partial charge in [-0.05, 0) is 37.1 Å². The maximum absolute atomic E-state index is 16.1. The van der Waals surface area contributed by atoms with E-state index < -0.39 is 17.9 Å². The van der Waals surface area contributed by atoms with Crippen molar-refractivity contribution in [2.24, 2.45) is 5.92 Å². The number of fused-ring (bicyclic) bond motifs is 2. The largest absolute Gasteiger partial charge is 0.374 e. The van der Waals surface area contributed by atoms with Gasteiger partial charge in [-0.15, -0.1) is 0 Å². The molecule has 0 radical (unpaired) electrons. The number of pyridine rings is 3. The van der Waals surface area contributed by atoms with Crippen LogP contribution in [0.3, 0.4) is 0 Å². The van der Waals surface area contributed by atoms with E-state index in [2.05, 4.69) is 40.4 Å². The van der Waals surface area contributed by atoms with Gasteiger partial charge < -0.3 is 15.4 Å². The molecule has 0 spiro atoms. The molecular formula is C30H26F2N8O. The van der Waals surface area contributed by atoms with Gasteiger partial charge in [-0.1, -0.05) is 31.4 Å². The van der Waals surface area contributed by atoms with Gasteiger partial charge in [0.2, 0.25) is 0 Å². The number of aliphatic hydroxyl groups is 1. The monoisotopic (exact) mass is 552 g/mol. The van der Waals surface area contributed by atoms with Crippen LogP contribution in [0.4, 0.5) is 14.5 Å². The molecule has 11 heteroatoms. The Kier molecular flexibility index (Phi) is 6.35. The Morgan fingerprint density at radius 1 is 0.927 bits per heavy atom. The van der Waals surface area contributed by atoms with Crippen LogP contribution in [0.25, 0.3) is 56.0 Å². The summed E-state index contributed by atoms with van der Waals surface area (Å²) in [5.74, 6) is -0.534. The first-order chi connectivity index (χ1) is 20.1. The summed E-state index contributed by atoms with van der Waals surface area (Å²) in [6.45, 7) is 0. The number of rotatable bonds is 6. The van der Waals surface area contributed by atoms with Gasteiger partial charge in [-0.3, -0.25) is 20.1 Å². The van der Waals surface area contributed by atoms with E-state index in [1.165, 1.54) is 24.9 Å². The number of aliphatic hydroxyl groups excluding tert-OH is 1. The van der Waals surface area contributed by atoms with Crippen LogP contribution in [-0.2, 0) is 0 Å². The minimum Gasteiger partial charge on any atom is -0.374 e. The predicted octanol–water partition coefficient (Wildman–Crippen LogP) is 6.21. The van der Waals surface area contributed by atoms with Gasteiger partial charge in [0.1, 0.15) is 34.6 Å². The summed E-state index contributed by atoms with van der Waals surface area (Å²) < 4.78 is 30.7. The van der Waals surface area contributed by atoms with E-state index in [-0.39, 0.29) is 22.7 Å². The summed E-state index contributed by atoms with van der Waals surface area (Å²) >= 11 is 0. The summed E-state index contributed by atoms with van der Waals surface area (Å²) in [6, 6.07) is 9.79. The number of nitrogens with zero attached hydrogens (tertiary/aromatic N) is 5. The molecule has 1 atom stereocenters. The van der Waals surface area contributed by atoms with E-state index in [9.17, 15) is 9.50 Å². The summed E-state index contributed by atoms with van der Waals surface area (Å²) in [5, 5.41) is 21.2. The topological polar surface area (TPSA) is 128 Å². The quantitative estimate of drug-likeness (QED) is 0.181. The van der Waals surface area contributed by atoms with Crippen molar-refractivity contribution in [3.05, 3.63) is 72.8 Å². The molecule has 7 rings (SSSR count). The minimum atomic E-state index is -0.704. The smallest absolute Gasteiger partial charge is 0.161 e. The Labute approximate surface area is 233 Å². The van der Waals surface area contributed by atoms with Crippen molar-refractivity contribution in [3.63, 3.8) is 0 Å². The zero-order valence-corrected chi connectivity index (χ0v) is 21.9. The third kappa shape index (κ3) is 4.57. The number of hydrogen-bond donors (Lipinski definition) is 4. The maximum Gasteiger partial charge on any atom is 0.161 e. The van der Waals surface area contributed by atoms with Gasteiger partial charge in [-0.25, -0.2) is 13.8 Å². The second kappa shape index (κ2) is 10.3. The van der Waals surface area contributed by atoms with E-state index in [0.29, 0.717) is 44.9 Å². The number of nitrogens with one attached hydrogen (secondary N) is 3. The number of hydrogen-bond acceptors (Lipinski definition) is 7. The van der Waals surface area contributed by atoms with Gasteiger partial charge >= 0.3 is 0 Å². The molecule has 9 nitrogen and oxygen atoms in total. The van der Waals surface area contributed by atoms with Crippen molar-refractivity contribution in [1.29, 1.82) is 0 Å². The highest BCUT2D eigenvalue weighted by Crippen LogP contribution is 2.35. The molecule has 0 bridgehead atoms. The Morgan fingerprint density at radius 3 is 2.63 bits per heavy atom. The molecule has 5 heterocycles. The first kappa shape index (κ1) is 25.2. The van der Waals surface area contributed by atoms with Crippen LogP contribution in [0.15, 0.2) is 61.2 Å². The molecule has 0 saturated heterocycles. The van der Waals surface area contributed by atoms with E-state index >= 15 is 4.39 Å². The third-order valence-corrected chi connectivity index (χ3v) is 7.72. The molecule has 1 aliphatic carbocycles. The molecular weight excluding hydrogens is 526 g/mol. The molecule has 4 N–H and O–H groups in total. The number of benzene rings is 1. The number of aromatic nitrogens is 7. The average Bonchev–Trinajstić information content (AvgIpc) is 3.63. The maximum atomic E-state index is 16.1. The second-order valence-corrected chi connectivity index (χ2v) is 10.4. The van der Waals surface area contributed by atoms with Crippen LogP contribution in [0.1, 0.15) is 32.1 Å². The zero-order valence-electron chi connectivity index (χ0n) is 21.9. The molecule has 1 aliphatic rings. The molecule has 5 aromatic heterocycles. The number of anilines is 1. The van der Waals surface area contributed by atoms with Crippen LogP contribution in [0.2, 0.25) is 0 Å². The summed E-state index contributed by atoms with van der Waals surface area (Å²) in [5.41, 5.74) is 3.51. The van der Waals surface area contributed by atoms with Crippen LogP contribution in [-0.4, -0.2) is 46.5 Å². The summed E-state index contributed by atoms with van der Waals surface area (Å²) in [6.07, 6.45) is 10.9. The van der Waals surface area contributed by atoms with E-state index in [1.54, 1.807) is 42.7 Å². The molecule has 206 valence electrons. The van der Waals surface area contributed by atoms with Gasteiger partial charge in [-0.2, -0.15) is 5.10 Å². The molecule has 1 fully saturated rings. The summed E-state index contributed by atoms with van der Waals surface area (Å²) in [4.78, 5) is 20.8. The van der Waals surface area contributed by atoms with Crippen molar-refractivity contribution in [1.82, 2.24) is 35.1 Å². The Bertz CT molecular complexity index is 1880. The lowest BCUT2D eigenvalue weighted by Gasteiger charge is -2.27. The predicted molar refractivity (Wildman–Crippen MR) is 152 cm³/mol. The van der Waals surface area contributed by atoms with Crippen molar-refractivity contribution in [2.45, 2.75) is 38.3 Å². The lowest BCUT2D eigenvalue weighted by Crippen LogP contribution is -2.30. The second-order valence-electron chi connectivity index (χ2n) is 10.4. The first-order valence-electron chi connectivity index (χ1n) is 13.6. The van der Waals surface area contributed by atoms with Crippen LogP contribution >= 0.6 is 0 Å². The highest BCUT2D eigenvalue weighted by molar-refractivity contribution is 5.97. The van der Waals surface area contributed by atoms with Crippen molar-refractivity contribution in [2.75, 3.05) is 5.32 Å². The van der Waals surface area contributed by atoms with Gasteiger partial charge in [0.05, 0.1) is 34.5 Å². The number of H-pyrrole nitrogens is 2. The fraction of sp³-hybridized carbons (Fsp3) is 0.233. The van der Waals surface area contributed by atoms with Crippen molar-refractivity contribution >= 4 is 27.6 Å². The molecule has 1 saturated carbocycles. The van der Waals surface area contributed by atoms with Crippen molar-refractivity contribution in [3.8, 4) is 34.0 Å². The molecule has 0 aliphatic heterocycles. The molecule has 1 aromatic carbocycles. The van der Waals surface area contributed by atoms with E-state index in [0.717, 1.165) is 25.7 Å². The molecule has 41 heavy (non-hydrogen) atoms. The Balaban J connectivity index is 1.26. The van der Waals surface area contributed by atoms with Crippen LogP contribution < -0.4 is 5.32 Å². The fourth-order valence-corrected chi connectivity index (χ4v) is 5.63. The number of halogens is 2. The highest BCUT2D eigenvalue weighted by Gasteiger charge is 2.24. The standard InChI is InChI=1S/C30H26F2N8O/c31-20-9-5-4-8-19(20)26-27-21(10-11-34-26)37-29(38-27)28-23-22(39-40-28)15-35-25(24(23)32)17-12-18(14-33-13-17)36-30(41)16-6-2-1-3-7-16/h4-5,8-16,30,36,41H,1-3,6-7H2,(H,37,38)(H,39,40). The van der Waals surface area contributed by atoms with Gasteiger partial charge in [0, 0.05) is 29.4 Å². The SMILES string of the molecule is OC(Nc1cncc(-c2ncc3[nH]nc(-c4nc5c(-c6ccccc6F)nccc5[nH]4)c3c2F)c1)C1CCCCC1. The third-order valence-electron chi connectivity index (χ3n) is 7.72. The van der Waals surface area contributed by atoms with Crippen LogP contribution in [0.5, 0.6) is 0 Å². The Hall–Kier alpha value is -4.77. The summed E-state index contributed by atoms with van der Waals surface area (Å²) in [7, 11) is 0. The minimum absolute atomic E-state index is 0.0910. The number of aromatic amines is 2. The lowest BCUT2D eigenvalue weighted by atomic mass is 9.88. The normalized spacial score (nSPS) is 15.0. The average molecular weight is 553 g/mol. The van der Waals surface area contributed by atoms with Crippen LogP contribution in [0, 0.1) is 17.6 Å². The fourth-order valence-electron chi connectivity index (χ4n) is 5.63. The molecule has 0 amide bonds. The molecule has 6 aromatic rings. The van der Waals surface area contributed by atoms with E-state index in [4.69, 9.17) is 0 Å². The Morgan fingerprint density at radius 2 is 1.78 bits per heavy atom. The first-order valence-corrected chi connectivity index (χ1v) is 13.6. The number of imidazole rings is 1. The van der Waals surface area contributed by atoms with Gasteiger partial charge in [0.15, 0.2) is 11.6 Å². The highest BCUT2D eigenvalue weighted by atomic mass is 19.1. The lowest BCUT2D eigenvalue weighted by molar-refractivity contribution is 0.109. The zero-order chi connectivity index (χ0) is 27.9. The van der Waals surface area contributed by atoms with Gasteiger partial charge in [0.25, 0.3) is 0 Å². The van der Waals surface area contributed by atoms with Crippen molar-refractivity contribution < 1.29 is 13.9 Å². The molecule has 1 unspecified atom stereocenters. The van der Waals surface area contributed by atoms with E-state index in [1.807, 2.05) is 0 Å².